The van der Waals surface area contributed by atoms with Gasteiger partial charge in [-0.1, -0.05) is 0 Å². The van der Waals surface area contributed by atoms with E-state index in [1.807, 2.05) is 7.05 Å². The second kappa shape index (κ2) is 4.61. The van der Waals surface area contributed by atoms with Gasteiger partial charge in [0.15, 0.2) is 0 Å². The highest BCUT2D eigenvalue weighted by Gasteiger charge is 2.04. The lowest BCUT2D eigenvalue weighted by atomic mass is 10.3. The van der Waals surface area contributed by atoms with Crippen molar-refractivity contribution in [1.82, 2.24) is 14.8 Å². The van der Waals surface area contributed by atoms with Crippen LogP contribution in [0.25, 0.3) is 0 Å². The molecule has 1 aromatic heterocycles. The molecule has 1 N–H and O–H groups in total. The average Bonchev–Trinajstić information content (AvgIpc) is 2.66. The number of nitrogens with one attached hydrogen (secondary N) is 1. The van der Waals surface area contributed by atoms with E-state index in [4.69, 9.17) is 0 Å². The van der Waals surface area contributed by atoms with Gasteiger partial charge in [-0.05, 0) is 34.1 Å². The van der Waals surface area contributed by atoms with Gasteiger partial charge >= 0.3 is 0 Å². The first kappa shape index (κ1) is 11.1. The number of benzene rings is 1. The van der Waals surface area contributed by atoms with Gasteiger partial charge in [-0.15, -0.1) is 0 Å². The Morgan fingerprint density at radius 2 is 2.31 bits per heavy atom. The quantitative estimate of drug-likeness (QED) is 0.941. The molecule has 2 rings (SSSR count). The van der Waals surface area contributed by atoms with Crippen LogP contribution >= 0.6 is 15.9 Å². The molecule has 84 valence electrons. The molecule has 4 nitrogen and oxygen atoms in total. The SMILES string of the molecule is Cn1ncnc1CNc1cc(F)ccc1Br. The fourth-order valence-corrected chi connectivity index (χ4v) is 1.67. The smallest absolute Gasteiger partial charge is 0.145 e. The first-order chi connectivity index (χ1) is 7.66. The Hall–Kier alpha value is -1.43. The maximum atomic E-state index is 13.0. The summed E-state index contributed by atoms with van der Waals surface area (Å²) in [5, 5.41) is 7.04. The van der Waals surface area contributed by atoms with Crippen LogP contribution in [0.3, 0.4) is 0 Å². The molecule has 0 atom stereocenters. The first-order valence-electron chi connectivity index (χ1n) is 4.68. The largest absolute Gasteiger partial charge is 0.377 e. The van der Waals surface area contributed by atoms with Crippen LogP contribution in [0.4, 0.5) is 10.1 Å². The molecular formula is C10H10BrFN4. The molecule has 0 amide bonds. The van der Waals surface area contributed by atoms with Crippen LogP contribution < -0.4 is 5.32 Å². The number of hydrogen-bond acceptors (Lipinski definition) is 3. The maximum absolute atomic E-state index is 13.0. The molecule has 0 aliphatic heterocycles. The standard InChI is InChI=1S/C10H10BrFN4/c1-16-10(14-6-15-16)5-13-9-4-7(12)2-3-8(9)11/h2-4,6,13H,5H2,1H3. The maximum Gasteiger partial charge on any atom is 0.145 e. The molecular weight excluding hydrogens is 275 g/mol. The van der Waals surface area contributed by atoms with Gasteiger partial charge in [0, 0.05) is 11.5 Å². The van der Waals surface area contributed by atoms with E-state index in [9.17, 15) is 4.39 Å². The summed E-state index contributed by atoms with van der Waals surface area (Å²) < 4.78 is 15.5. The minimum Gasteiger partial charge on any atom is -0.377 e. The van der Waals surface area contributed by atoms with Crippen molar-refractivity contribution in [1.29, 1.82) is 0 Å². The summed E-state index contributed by atoms with van der Waals surface area (Å²) in [5.41, 5.74) is 0.697. The van der Waals surface area contributed by atoms with Gasteiger partial charge in [0.25, 0.3) is 0 Å². The van der Waals surface area contributed by atoms with Crippen LogP contribution in [-0.4, -0.2) is 14.8 Å². The topological polar surface area (TPSA) is 42.7 Å². The van der Waals surface area contributed by atoms with Gasteiger partial charge in [0.05, 0.1) is 12.2 Å². The summed E-state index contributed by atoms with van der Waals surface area (Å²) in [6.45, 7) is 0.499. The summed E-state index contributed by atoms with van der Waals surface area (Å²) in [6, 6.07) is 4.49. The molecule has 0 aliphatic rings. The minimum absolute atomic E-state index is 0.274. The number of aromatic nitrogens is 3. The van der Waals surface area contributed by atoms with Crippen molar-refractivity contribution in [3.05, 3.63) is 40.6 Å². The van der Waals surface area contributed by atoms with Gasteiger partial charge in [0.1, 0.15) is 18.0 Å². The van der Waals surface area contributed by atoms with E-state index in [2.05, 4.69) is 31.3 Å². The molecule has 0 radical (unpaired) electrons. The lowest BCUT2D eigenvalue weighted by Gasteiger charge is -2.07. The predicted octanol–water partition coefficient (Wildman–Crippen LogP) is 2.33. The summed E-state index contributed by atoms with van der Waals surface area (Å²) in [7, 11) is 1.81. The van der Waals surface area contributed by atoms with Crippen LogP contribution in [0.5, 0.6) is 0 Å². The third-order valence-electron chi connectivity index (χ3n) is 2.17. The van der Waals surface area contributed by atoms with Crippen LogP contribution in [0, 0.1) is 5.82 Å². The number of anilines is 1. The molecule has 0 saturated carbocycles. The fourth-order valence-electron chi connectivity index (χ4n) is 1.29. The van der Waals surface area contributed by atoms with Crippen molar-refractivity contribution in [2.24, 2.45) is 7.05 Å². The minimum atomic E-state index is -0.274. The normalized spacial score (nSPS) is 10.4. The second-order valence-electron chi connectivity index (χ2n) is 3.28. The third-order valence-corrected chi connectivity index (χ3v) is 2.86. The Balaban J connectivity index is 2.10. The summed E-state index contributed by atoms with van der Waals surface area (Å²) in [4.78, 5) is 4.06. The average molecular weight is 285 g/mol. The van der Waals surface area contributed by atoms with E-state index < -0.39 is 0 Å². The van der Waals surface area contributed by atoms with Crippen LogP contribution in [0.15, 0.2) is 29.0 Å². The zero-order valence-electron chi connectivity index (χ0n) is 8.61. The number of rotatable bonds is 3. The molecule has 0 bridgehead atoms. The van der Waals surface area contributed by atoms with E-state index in [0.717, 1.165) is 10.3 Å². The second-order valence-corrected chi connectivity index (χ2v) is 4.13. The summed E-state index contributed by atoms with van der Waals surface area (Å²) in [6.07, 6.45) is 1.48. The first-order valence-corrected chi connectivity index (χ1v) is 5.48. The van der Waals surface area contributed by atoms with E-state index >= 15 is 0 Å². The summed E-state index contributed by atoms with van der Waals surface area (Å²) >= 11 is 3.34. The lowest BCUT2D eigenvalue weighted by Crippen LogP contribution is -2.07. The molecule has 0 unspecified atom stereocenters. The van der Waals surface area contributed by atoms with Crippen LogP contribution in [-0.2, 0) is 13.6 Å². The molecule has 0 saturated heterocycles. The Morgan fingerprint density at radius 3 is 3.00 bits per heavy atom. The molecule has 1 aromatic carbocycles. The van der Waals surface area contributed by atoms with Gasteiger partial charge in [-0.2, -0.15) is 5.10 Å². The molecule has 0 spiro atoms. The Morgan fingerprint density at radius 1 is 1.50 bits per heavy atom. The van der Waals surface area contributed by atoms with Crippen molar-refractivity contribution in [3.63, 3.8) is 0 Å². The third kappa shape index (κ3) is 2.38. The van der Waals surface area contributed by atoms with Crippen LogP contribution in [0.2, 0.25) is 0 Å². The molecule has 0 aliphatic carbocycles. The molecule has 6 heteroatoms. The lowest BCUT2D eigenvalue weighted by molar-refractivity contribution is 0.627. The number of nitrogens with zero attached hydrogens (tertiary/aromatic N) is 3. The Labute approximate surface area is 101 Å². The van der Waals surface area contributed by atoms with E-state index in [1.54, 1.807) is 10.7 Å². The van der Waals surface area contributed by atoms with Gasteiger partial charge in [-0.25, -0.2) is 9.37 Å². The van der Waals surface area contributed by atoms with E-state index in [0.29, 0.717) is 12.2 Å². The highest BCUT2D eigenvalue weighted by atomic mass is 79.9. The zero-order valence-corrected chi connectivity index (χ0v) is 10.2. The van der Waals surface area contributed by atoms with E-state index in [1.165, 1.54) is 18.5 Å². The highest BCUT2D eigenvalue weighted by Crippen LogP contribution is 2.23. The molecule has 0 fully saturated rings. The number of halogens is 2. The van der Waals surface area contributed by atoms with E-state index in [-0.39, 0.29) is 5.82 Å². The fraction of sp³-hybridized carbons (Fsp3) is 0.200. The number of aryl methyl sites for hydroxylation is 1. The van der Waals surface area contributed by atoms with Crippen molar-refractivity contribution in [3.8, 4) is 0 Å². The highest BCUT2D eigenvalue weighted by molar-refractivity contribution is 9.10. The Bertz CT molecular complexity index is 497. The van der Waals surface area contributed by atoms with Crippen LogP contribution in [0.1, 0.15) is 5.82 Å². The van der Waals surface area contributed by atoms with Gasteiger partial charge in [0.2, 0.25) is 0 Å². The van der Waals surface area contributed by atoms with Crippen molar-refractivity contribution < 1.29 is 4.39 Å². The van der Waals surface area contributed by atoms with Gasteiger partial charge < -0.3 is 5.32 Å². The zero-order chi connectivity index (χ0) is 11.5. The molecule has 1 heterocycles. The van der Waals surface area contributed by atoms with Crippen molar-refractivity contribution >= 4 is 21.6 Å². The predicted molar refractivity (Wildman–Crippen MR) is 62.4 cm³/mol. The Kier molecular flexibility index (Phi) is 3.19. The van der Waals surface area contributed by atoms with Gasteiger partial charge in [-0.3, -0.25) is 4.68 Å². The monoisotopic (exact) mass is 284 g/mol. The molecule has 16 heavy (non-hydrogen) atoms. The molecule has 2 aromatic rings. The summed E-state index contributed by atoms with van der Waals surface area (Å²) in [5.74, 6) is 0.514. The number of hydrogen-bond donors (Lipinski definition) is 1. The van der Waals surface area contributed by atoms with Crippen molar-refractivity contribution in [2.75, 3.05) is 5.32 Å². The van der Waals surface area contributed by atoms with Crippen molar-refractivity contribution in [2.45, 2.75) is 6.54 Å².